The lowest BCUT2D eigenvalue weighted by molar-refractivity contribution is -0.128. The SMILES string of the molecule is C=C1[C@H](Br)C[C@H]2C(C)(C)[C@H](Cl)[C@@H](Cl)C[C@]2(C)[C@H]1C[C@H](O)[C@H]1CC(=O)NC1=O. The van der Waals surface area contributed by atoms with Crippen molar-refractivity contribution < 1.29 is 14.7 Å². The van der Waals surface area contributed by atoms with E-state index in [1.165, 1.54) is 0 Å². The van der Waals surface area contributed by atoms with Gasteiger partial charge in [0, 0.05) is 11.2 Å². The van der Waals surface area contributed by atoms with Crippen LogP contribution in [0.5, 0.6) is 0 Å². The van der Waals surface area contributed by atoms with Crippen LogP contribution >= 0.6 is 39.1 Å². The first-order chi connectivity index (χ1) is 12.4. The Labute approximate surface area is 179 Å². The number of imide groups is 1. The van der Waals surface area contributed by atoms with Crippen LogP contribution in [0.4, 0.5) is 0 Å². The van der Waals surface area contributed by atoms with E-state index in [9.17, 15) is 14.7 Å². The molecule has 7 heteroatoms. The first kappa shape index (κ1) is 21.6. The zero-order chi connectivity index (χ0) is 20.3. The highest BCUT2D eigenvalue weighted by molar-refractivity contribution is 9.09. The van der Waals surface area contributed by atoms with E-state index in [2.05, 4.69) is 48.6 Å². The van der Waals surface area contributed by atoms with Crippen molar-refractivity contribution in [2.45, 2.75) is 68.1 Å². The third-order valence-corrected chi connectivity index (χ3v) is 9.76. The largest absolute Gasteiger partial charge is 0.392 e. The zero-order valence-electron chi connectivity index (χ0n) is 16.0. The van der Waals surface area contributed by atoms with Gasteiger partial charge in [-0.1, -0.05) is 48.9 Å². The molecule has 1 saturated heterocycles. The molecule has 4 nitrogen and oxygen atoms in total. The summed E-state index contributed by atoms with van der Waals surface area (Å²) in [6.07, 6.45) is 1.21. The molecule has 1 aliphatic heterocycles. The van der Waals surface area contributed by atoms with Gasteiger partial charge in [0.05, 0.1) is 22.8 Å². The molecule has 2 saturated carbocycles. The molecule has 0 aromatic carbocycles. The number of fused-ring (bicyclic) bond motifs is 1. The zero-order valence-corrected chi connectivity index (χ0v) is 19.1. The third-order valence-electron chi connectivity index (χ3n) is 7.39. The van der Waals surface area contributed by atoms with E-state index < -0.39 is 12.0 Å². The highest BCUT2D eigenvalue weighted by Gasteiger charge is 2.60. The number of carbonyl (C=O) groups excluding carboxylic acids is 2. The maximum absolute atomic E-state index is 12.0. The topological polar surface area (TPSA) is 66.4 Å². The maximum Gasteiger partial charge on any atom is 0.232 e. The second kappa shape index (κ2) is 7.30. The van der Waals surface area contributed by atoms with Crippen LogP contribution in [0, 0.1) is 28.6 Å². The Balaban J connectivity index is 1.91. The Morgan fingerprint density at radius 3 is 2.52 bits per heavy atom. The van der Waals surface area contributed by atoms with Gasteiger partial charge in [-0.05, 0) is 41.9 Å². The number of aliphatic hydroxyl groups excluding tert-OH is 1. The minimum absolute atomic E-state index is 0.0104. The molecule has 1 heterocycles. The van der Waals surface area contributed by atoms with E-state index in [-0.39, 0.29) is 50.6 Å². The molecule has 2 N–H and O–H groups in total. The fraction of sp³-hybridized carbons (Fsp3) is 0.800. The molecule has 8 atom stereocenters. The lowest BCUT2D eigenvalue weighted by Gasteiger charge is -2.61. The van der Waals surface area contributed by atoms with E-state index in [0.29, 0.717) is 12.3 Å². The number of hydrogen-bond donors (Lipinski definition) is 2. The molecular formula is C20H28BrCl2NO3. The van der Waals surface area contributed by atoms with Crippen molar-refractivity contribution in [3.63, 3.8) is 0 Å². The molecule has 152 valence electrons. The minimum atomic E-state index is -0.890. The Morgan fingerprint density at radius 1 is 1.33 bits per heavy atom. The summed E-state index contributed by atoms with van der Waals surface area (Å²) in [6.45, 7) is 10.9. The number of halogens is 3. The second-order valence-electron chi connectivity index (χ2n) is 9.36. The molecule has 0 bridgehead atoms. The Kier molecular flexibility index (Phi) is 5.84. The van der Waals surface area contributed by atoms with Crippen LogP contribution in [0.25, 0.3) is 0 Å². The fourth-order valence-electron chi connectivity index (χ4n) is 5.84. The molecule has 27 heavy (non-hydrogen) atoms. The number of aliphatic hydroxyl groups is 1. The molecule has 2 amide bonds. The fourth-order valence-corrected chi connectivity index (χ4v) is 7.43. The molecule has 2 aliphatic carbocycles. The van der Waals surface area contributed by atoms with Crippen molar-refractivity contribution in [3.05, 3.63) is 12.2 Å². The summed E-state index contributed by atoms with van der Waals surface area (Å²) in [4.78, 5) is 23.7. The summed E-state index contributed by atoms with van der Waals surface area (Å²) in [7, 11) is 0. The van der Waals surface area contributed by atoms with Crippen LogP contribution in [0.1, 0.15) is 46.5 Å². The highest BCUT2D eigenvalue weighted by Crippen LogP contribution is 2.64. The van der Waals surface area contributed by atoms with Crippen LogP contribution in [-0.2, 0) is 9.59 Å². The van der Waals surface area contributed by atoms with E-state index in [4.69, 9.17) is 23.2 Å². The standard InChI is InChI=1S/C20H28BrCl2NO3/c1-9-11(6-14(25)10-5-16(26)24-18(10)27)20(4)8-13(22)17(23)19(2,3)15(20)7-12(9)21/h10-15,17,25H,1,5-8H2,2-4H3,(H,24,26,27)/t10-,11+,12-,13+,14+,15+,17-,20-/m1/s1. The Morgan fingerprint density at radius 2 is 1.96 bits per heavy atom. The maximum atomic E-state index is 12.0. The molecule has 3 fully saturated rings. The van der Waals surface area contributed by atoms with Gasteiger partial charge in [-0.2, -0.15) is 0 Å². The normalized spacial score (nSPS) is 45.4. The van der Waals surface area contributed by atoms with E-state index in [1.807, 2.05) is 0 Å². The monoisotopic (exact) mass is 479 g/mol. The van der Waals surface area contributed by atoms with Gasteiger partial charge in [0.1, 0.15) is 0 Å². The molecule has 0 aromatic heterocycles. The molecule has 0 aromatic rings. The molecule has 3 aliphatic rings. The van der Waals surface area contributed by atoms with Gasteiger partial charge >= 0.3 is 0 Å². The number of carbonyl (C=O) groups is 2. The van der Waals surface area contributed by atoms with Crippen LogP contribution in [-0.4, -0.2) is 38.6 Å². The van der Waals surface area contributed by atoms with E-state index in [1.54, 1.807) is 0 Å². The highest BCUT2D eigenvalue weighted by atomic mass is 79.9. The van der Waals surface area contributed by atoms with Crippen molar-refractivity contribution in [2.75, 3.05) is 0 Å². The lowest BCUT2D eigenvalue weighted by Crippen LogP contribution is -2.59. The summed E-state index contributed by atoms with van der Waals surface area (Å²) in [5.41, 5.74) is 0.686. The summed E-state index contributed by atoms with van der Waals surface area (Å²) in [5, 5.41) is 12.8. The minimum Gasteiger partial charge on any atom is -0.392 e. The van der Waals surface area contributed by atoms with Crippen molar-refractivity contribution in [2.24, 2.45) is 28.6 Å². The van der Waals surface area contributed by atoms with E-state index >= 15 is 0 Å². The summed E-state index contributed by atoms with van der Waals surface area (Å²) < 4.78 is 0. The summed E-state index contributed by atoms with van der Waals surface area (Å²) in [5.74, 6) is -1.10. The van der Waals surface area contributed by atoms with Crippen molar-refractivity contribution >= 4 is 50.9 Å². The average molecular weight is 481 g/mol. The predicted molar refractivity (Wildman–Crippen MR) is 111 cm³/mol. The number of hydrogen-bond acceptors (Lipinski definition) is 3. The van der Waals surface area contributed by atoms with Crippen molar-refractivity contribution in [1.29, 1.82) is 0 Å². The average Bonchev–Trinajstić information content (AvgIpc) is 2.91. The molecule has 0 radical (unpaired) electrons. The molecule has 0 spiro atoms. The number of alkyl halides is 3. The van der Waals surface area contributed by atoms with Crippen LogP contribution in [0.3, 0.4) is 0 Å². The smallest absolute Gasteiger partial charge is 0.232 e. The van der Waals surface area contributed by atoms with Gasteiger partial charge in [0.15, 0.2) is 0 Å². The van der Waals surface area contributed by atoms with Gasteiger partial charge in [-0.25, -0.2) is 0 Å². The second-order valence-corrected chi connectivity index (χ2v) is 11.5. The number of amides is 2. The van der Waals surface area contributed by atoms with Crippen LogP contribution in [0.2, 0.25) is 0 Å². The van der Waals surface area contributed by atoms with Gasteiger partial charge in [-0.3, -0.25) is 14.9 Å². The van der Waals surface area contributed by atoms with Crippen molar-refractivity contribution in [1.82, 2.24) is 5.32 Å². The first-order valence-electron chi connectivity index (χ1n) is 9.52. The quantitative estimate of drug-likeness (QED) is 0.364. The number of allylic oxidation sites excluding steroid dienone is 1. The first-order valence-corrected chi connectivity index (χ1v) is 11.3. The molecule has 3 rings (SSSR count). The number of rotatable bonds is 3. The molecule has 0 unspecified atom stereocenters. The van der Waals surface area contributed by atoms with Gasteiger partial charge in [0.2, 0.25) is 11.8 Å². The predicted octanol–water partition coefficient (Wildman–Crippen LogP) is 4.01. The Hall–Kier alpha value is -0.100. The van der Waals surface area contributed by atoms with E-state index in [0.717, 1.165) is 18.4 Å². The Bertz CT molecular complexity index is 670. The lowest BCUT2D eigenvalue weighted by atomic mass is 9.46. The van der Waals surface area contributed by atoms with Gasteiger partial charge in [0.25, 0.3) is 0 Å². The van der Waals surface area contributed by atoms with Gasteiger partial charge < -0.3 is 5.11 Å². The summed E-state index contributed by atoms with van der Waals surface area (Å²) >= 11 is 17.2. The molecular weight excluding hydrogens is 453 g/mol. The van der Waals surface area contributed by atoms with Gasteiger partial charge in [-0.15, -0.1) is 23.2 Å². The van der Waals surface area contributed by atoms with Crippen LogP contribution in [0.15, 0.2) is 12.2 Å². The number of nitrogens with one attached hydrogen (secondary N) is 1. The summed E-state index contributed by atoms with van der Waals surface area (Å²) in [6, 6.07) is 0. The third kappa shape index (κ3) is 3.51. The van der Waals surface area contributed by atoms with Crippen LogP contribution < -0.4 is 5.32 Å². The van der Waals surface area contributed by atoms with Crippen molar-refractivity contribution in [3.8, 4) is 0 Å².